The molecule has 28 heavy (non-hydrogen) atoms. The lowest BCUT2D eigenvalue weighted by atomic mass is 9.92. The van der Waals surface area contributed by atoms with E-state index in [1.807, 2.05) is 41.1 Å². The molecule has 1 aliphatic heterocycles. The smallest absolute Gasteiger partial charge is 0.307 e. The number of halogens is 1. The number of nitrogens with one attached hydrogen (secondary N) is 1. The minimum atomic E-state index is -0.339. The molecule has 1 aromatic heterocycles. The minimum Gasteiger partial charge on any atom is -0.307 e. The lowest BCUT2D eigenvalue weighted by Gasteiger charge is -2.25. The summed E-state index contributed by atoms with van der Waals surface area (Å²) in [5, 5.41) is 7.61. The predicted octanol–water partition coefficient (Wildman–Crippen LogP) is 5.11. The molecule has 2 heterocycles. The van der Waals surface area contributed by atoms with Crippen LogP contribution in [-0.4, -0.2) is 15.8 Å². The van der Waals surface area contributed by atoms with Gasteiger partial charge >= 0.3 is 6.03 Å². The first-order valence-electron chi connectivity index (χ1n) is 9.32. The maximum atomic E-state index is 13.2. The summed E-state index contributed by atoms with van der Waals surface area (Å²) in [6.45, 7) is 6.89. The molecule has 144 valence electrons. The number of anilines is 2. The van der Waals surface area contributed by atoms with Gasteiger partial charge in [-0.2, -0.15) is 5.10 Å². The zero-order valence-corrected chi connectivity index (χ0v) is 16.2. The van der Waals surface area contributed by atoms with E-state index in [4.69, 9.17) is 5.10 Å². The molecule has 0 fully saturated rings. The van der Waals surface area contributed by atoms with Gasteiger partial charge in [0.1, 0.15) is 11.6 Å². The van der Waals surface area contributed by atoms with Crippen LogP contribution in [-0.2, 0) is 12.0 Å². The molecule has 0 saturated heterocycles. The third kappa shape index (κ3) is 3.38. The standard InChI is InChI=1S/C22H23FN4O/c1-22(2,3)19-13-20-26(25-19)14-18(15-7-5-4-6-8-15)27(20)21(28)24-17-11-9-16(23)10-12-17/h4-13,18H,14H2,1-3H3,(H,24,28). The minimum absolute atomic E-state index is 0.112. The summed E-state index contributed by atoms with van der Waals surface area (Å²) in [6.07, 6.45) is 0. The van der Waals surface area contributed by atoms with E-state index in [0.717, 1.165) is 17.1 Å². The number of urea groups is 1. The lowest BCUT2D eigenvalue weighted by molar-refractivity contribution is 0.255. The van der Waals surface area contributed by atoms with E-state index in [1.165, 1.54) is 12.1 Å². The maximum Gasteiger partial charge on any atom is 0.328 e. The van der Waals surface area contributed by atoms with Gasteiger partial charge in [0.2, 0.25) is 0 Å². The molecule has 0 radical (unpaired) electrons. The van der Waals surface area contributed by atoms with Crippen LogP contribution in [0.1, 0.15) is 38.1 Å². The van der Waals surface area contributed by atoms with Crippen molar-refractivity contribution in [3.05, 3.63) is 77.7 Å². The molecule has 5 nitrogen and oxygen atoms in total. The molecule has 2 amide bonds. The van der Waals surface area contributed by atoms with E-state index >= 15 is 0 Å². The highest BCUT2D eigenvalue weighted by Gasteiger charge is 2.37. The van der Waals surface area contributed by atoms with E-state index in [1.54, 1.807) is 17.0 Å². The second-order valence-corrected chi connectivity index (χ2v) is 8.05. The number of nitrogens with zero attached hydrogens (tertiary/aromatic N) is 3. The number of aromatic nitrogens is 2. The molecule has 0 bridgehead atoms. The average molecular weight is 378 g/mol. The summed E-state index contributed by atoms with van der Waals surface area (Å²) in [7, 11) is 0. The van der Waals surface area contributed by atoms with Gasteiger partial charge in [-0.3, -0.25) is 4.90 Å². The van der Waals surface area contributed by atoms with E-state index in [0.29, 0.717) is 12.2 Å². The van der Waals surface area contributed by atoms with Crippen molar-refractivity contribution in [3.63, 3.8) is 0 Å². The molecule has 0 aliphatic carbocycles. The Morgan fingerprint density at radius 2 is 1.79 bits per heavy atom. The lowest BCUT2D eigenvalue weighted by Crippen LogP contribution is -2.36. The summed E-state index contributed by atoms with van der Waals surface area (Å²) in [4.78, 5) is 14.9. The van der Waals surface area contributed by atoms with Crippen molar-refractivity contribution in [1.82, 2.24) is 9.78 Å². The van der Waals surface area contributed by atoms with Crippen LogP contribution in [0.15, 0.2) is 60.7 Å². The van der Waals surface area contributed by atoms with E-state index in [2.05, 4.69) is 26.1 Å². The molecule has 6 heteroatoms. The van der Waals surface area contributed by atoms with Gasteiger partial charge in [-0.25, -0.2) is 13.9 Å². The highest BCUT2D eigenvalue weighted by Crippen LogP contribution is 2.38. The summed E-state index contributed by atoms with van der Waals surface area (Å²) >= 11 is 0. The number of rotatable bonds is 2. The van der Waals surface area contributed by atoms with Gasteiger partial charge in [-0.1, -0.05) is 51.1 Å². The molecule has 2 aromatic carbocycles. The molecule has 4 rings (SSSR count). The highest BCUT2D eigenvalue weighted by molar-refractivity contribution is 6.02. The monoisotopic (exact) mass is 378 g/mol. The highest BCUT2D eigenvalue weighted by atomic mass is 19.1. The summed E-state index contributed by atoms with van der Waals surface area (Å²) in [5.41, 5.74) is 2.42. The van der Waals surface area contributed by atoms with Gasteiger partial charge in [0, 0.05) is 17.2 Å². The second-order valence-electron chi connectivity index (χ2n) is 8.05. The summed E-state index contributed by atoms with van der Waals surface area (Å²) in [5.74, 6) is 0.424. The first kappa shape index (κ1) is 18.2. The molecule has 1 aliphatic rings. The predicted molar refractivity (Wildman–Crippen MR) is 108 cm³/mol. The fourth-order valence-electron chi connectivity index (χ4n) is 3.40. The number of carbonyl (C=O) groups is 1. The van der Waals surface area contributed by atoms with Crippen LogP contribution in [0.25, 0.3) is 0 Å². The first-order chi connectivity index (χ1) is 13.3. The second kappa shape index (κ2) is 6.78. The molecule has 1 N–H and O–H groups in total. The van der Waals surface area contributed by atoms with Crippen molar-refractivity contribution < 1.29 is 9.18 Å². The summed E-state index contributed by atoms with van der Waals surface area (Å²) < 4.78 is 15.1. The van der Waals surface area contributed by atoms with Crippen LogP contribution >= 0.6 is 0 Å². The van der Waals surface area contributed by atoms with Crippen molar-refractivity contribution in [3.8, 4) is 0 Å². The molecule has 3 aromatic rings. The normalized spacial score (nSPS) is 16.1. The largest absolute Gasteiger partial charge is 0.328 e. The summed E-state index contributed by atoms with van der Waals surface area (Å²) in [6, 6.07) is 17.2. The van der Waals surface area contributed by atoms with Crippen molar-refractivity contribution in [1.29, 1.82) is 0 Å². The molecular weight excluding hydrogens is 355 g/mol. The number of fused-ring (bicyclic) bond motifs is 1. The molecule has 1 atom stereocenters. The number of hydrogen-bond donors (Lipinski definition) is 1. The van der Waals surface area contributed by atoms with Gasteiger partial charge in [0.15, 0.2) is 0 Å². The zero-order valence-electron chi connectivity index (χ0n) is 16.2. The zero-order chi connectivity index (χ0) is 19.9. The Morgan fingerprint density at radius 1 is 1.11 bits per heavy atom. The first-order valence-corrected chi connectivity index (χ1v) is 9.32. The number of benzene rings is 2. The molecule has 0 saturated carbocycles. The van der Waals surface area contributed by atoms with Crippen LogP contribution < -0.4 is 10.2 Å². The van der Waals surface area contributed by atoms with E-state index in [9.17, 15) is 9.18 Å². The van der Waals surface area contributed by atoms with E-state index in [-0.39, 0.29) is 23.3 Å². The van der Waals surface area contributed by atoms with Crippen LogP contribution in [0.4, 0.5) is 20.7 Å². The topological polar surface area (TPSA) is 50.2 Å². The van der Waals surface area contributed by atoms with Gasteiger partial charge in [-0.05, 0) is 29.8 Å². The molecule has 1 unspecified atom stereocenters. The third-order valence-corrected chi connectivity index (χ3v) is 4.93. The third-order valence-electron chi connectivity index (χ3n) is 4.93. The fourth-order valence-corrected chi connectivity index (χ4v) is 3.40. The van der Waals surface area contributed by atoms with Gasteiger partial charge < -0.3 is 5.32 Å². The Kier molecular flexibility index (Phi) is 4.41. The van der Waals surface area contributed by atoms with Crippen LogP contribution in [0, 0.1) is 5.82 Å². The van der Waals surface area contributed by atoms with Crippen molar-refractivity contribution in [2.45, 2.75) is 38.8 Å². The van der Waals surface area contributed by atoms with Gasteiger partial charge in [0.05, 0.1) is 18.3 Å². The molecular formula is C22H23FN4O. The quantitative estimate of drug-likeness (QED) is 0.673. The molecule has 0 spiro atoms. The SMILES string of the molecule is CC(C)(C)c1cc2n(n1)CC(c1ccccc1)N2C(=O)Nc1ccc(F)cc1. The van der Waals surface area contributed by atoms with Gasteiger partial charge in [0.25, 0.3) is 0 Å². The Labute approximate surface area is 163 Å². The van der Waals surface area contributed by atoms with Crippen molar-refractivity contribution in [2.24, 2.45) is 0 Å². The van der Waals surface area contributed by atoms with Crippen molar-refractivity contribution in [2.75, 3.05) is 10.2 Å². The number of amides is 2. The van der Waals surface area contributed by atoms with Crippen LogP contribution in [0.2, 0.25) is 0 Å². The average Bonchev–Trinajstić information content (AvgIpc) is 3.22. The Hall–Kier alpha value is -3.15. The fraction of sp³-hybridized carbons (Fsp3) is 0.273. The van der Waals surface area contributed by atoms with Crippen LogP contribution in [0.5, 0.6) is 0 Å². The van der Waals surface area contributed by atoms with Crippen molar-refractivity contribution >= 4 is 17.5 Å². The number of carbonyl (C=O) groups excluding carboxylic acids is 1. The Morgan fingerprint density at radius 3 is 2.43 bits per heavy atom. The van der Waals surface area contributed by atoms with Crippen LogP contribution in [0.3, 0.4) is 0 Å². The Balaban J connectivity index is 1.70. The van der Waals surface area contributed by atoms with E-state index < -0.39 is 0 Å². The van der Waals surface area contributed by atoms with Gasteiger partial charge in [-0.15, -0.1) is 0 Å². The maximum absolute atomic E-state index is 13.2. The Bertz CT molecular complexity index is 990. The number of hydrogen-bond acceptors (Lipinski definition) is 2.